The Morgan fingerprint density at radius 1 is 1.32 bits per heavy atom. The van der Waals surface area contributed by atoms with Crippen LogP contribution in [0.5, 0.6) is 0 Å². The van der Waals surface area contributed by atoms with E-state index in [0.717, 1.165) is 30.2 Å². The predicted molar refractivity (Wildman–Crippen MR) is 94.9 cm³/mol. The van der Waals surface area contributed by atoms with Crippen LogP contribution in [-0.4, -0.2) is 64.8 Å². The number of rotatable bonds is 2. The molecule has 1 atom stereocenters. The summed E-state index contributed by atoms with van der Waals surface area (Å²) in [4.78, 5) is 22.4. The van der Waals surface area contributed by atoms with E-state index in [1.807, 2.05) is 36.2 Å². The zero-order valence-electron chi connectivity index (χ0n) is 14.2. The molecule has 0 radical (unpaired) electrons. The molecule has 0 aromatic carbocycles. The molecule has 1 unspecified atom stereocenters. The smallest absolute Gasteiger partial charge is 0.275 e. The van der Waals surface area contributed by atoms with E-state index in [-0.39, 0.29) is 11.3 Å². The number of carbonyl (C=O) groups excluding carboxylic acids is 1. The van der Waals surface area contributed by atoms with Crippen LogP contribution in [0, 0.1) is 12.3 Å². The van der Waals surface area contributed by atoms with Gasteiger partial charge in [-0.25, -0.2) is 4.98 Å². The van der Waals surface area contributed by atoms with Gasteiger partial charge in [0.25, 0.3) is 5.91 Å². The van der Waals surface area contributed by atoms with E-state index in [2.05, 4.69) is 19.5 Å². The van der Waals surface area contributed by atoms with Crippen LogP contribution in [0.25, 0.3) is 0 Å². The van der Waals surface area contributed by atoms with E-state index in [9.17, 15) is 4.79 Å². The van der Waals surface area contributed by atoms with Crippen LogP contribution in [0.3, 0.4) is 0 Å². The van der Waals surface area contributed by atoms with Gasteiger partial charge in [0.1, 0.15) is 5.82 Å². The van der Waals surface area contributed by atoms with Gasteiger partial charge in [0.2, 0.25) is 0 Å². The molecule has 25 heavy (non-hydrogen) atoms. The highest BCUT2D eigenvalue weighted by molar-refractivity contribution is 7.05. The molecule has 2 aromatic rings. The first-order chi connectivity index (χ1) is 12.2. The van der Waals surface area contributed by atoms with Gasteiger partial charge in [-0.2, -0.15) is 0 Å². The zero-order valence-corrected chi connectivity index (χ0v) is 15.0. The summed E-state index contributed by atoms with van der Waals surface area (Å²) in [7, 11) is 0. The van der Waals surface area contributed by atoms with Gasteiger partial charge in [0.05, 0.1) is 18.1 Å². The molecule has 4 heterocycles. The number of carbonyl (C=O) groups is 1. The molecule has 2 fully saturated rings. The van der Waals surface area contributed by atoms with E-state index in [1.165, 1.54) is 11.5 Å². The summed E-state index contributed by atoms with van der Waals surface area (Å²) < 4.78 is 9.77. The maximum atomic E-state index is 12.9. The van der Waals surface area contributed by atoms with Gasteiger partial charge >= 0.3 is 0 Å². The quantitative estimate of drug-likeness (QED) is 0.811. The van der Waals surface area contributed by atoms with Gasteiger partial charge in [0.15, 0.2) is 5.69 Å². The molecule has 2 aromatic heterocycles. The average Bonchev–Trinajstić information content (AvgIpc) is 3.18. The molecule has 0 N–H and O–H groups in total. The Morgan fingerprint density at radius 3 is 3.00 bits per heavy atom. The number of aromatic nitrogens is 3. The zero-order chi connectivity index (χ0) is 17.3. The third-order valence-electron chi connectivity index (χ3n) is 4.99. The molecule has 8 heteroatoms. The summed E-state index contributed by atoms with van der Waals surface area (Å²) in [6.07, 6.45) is 2.80. The SMILES string of the molecule is Cc1snnc1C(=O)N1CCOCC2(CCN(c3ccccn3)C2)C1. The Labute approximate surface area is 150 Å². The van der Waals surface area contributed by atoms with Crippen molar-refractivity contribution in [1.29, 1.82) is 0 Å². The minimum atomic E-state index is -0.0545. The van der Waals surface area contributed by atoms with E-state index in [0.29, 0.717) is 32.0 Å². The maximum Gasteiger partial charge on any atom is 0.275 e. The number of anilines is 1. The fourth-order valence-electron chi connectivity index (χ4n) is 3.66. The van der Waals surface area contributed by atoms with Crippen LogP contribution in [0.2, 0.25) is 0 Å². The standard InChI is InChI=1S/C17H21N5O2S/c1-13-15(19-20-25-13)16(23)22-8-9-24-12-17(11-22)5-7-21(10-17)14-4-2-3-6-18-14/h2-4,6H,5,7-12H2,1H3. The molecule has 0 bridgehead atoms. The predicted octanol–water partition coefficient (Wildman–Crippen LogP) is 1.61. The van der Waals surface area contributed by atoms with Crippen molar-refractivity contribution in [2.75, 3.05) is 44.3 Å². The molecule has 2 saturated heterocycles. The number of hydrogen-bond acceptors (Lipinski definition) is 7. The normalized spacial score (nSPS) is 23.9. The van der Waals surface area contributed by atoms with Crippen molar-refractivity contribution in [2.45, 2.75) is 13.3 Å². The van der Waals surface area contributed by atoms with Crippen LogP contribution in [0.1, 0.15) is 21.8 Å². The highest BCUT2D eigenvalue weighted by atomic mass is 32.1. The molecule has 2 aliphatic heterocycles. The van der Waals surface area contributed by atoms with Gasteiger partial charge in [0, 0.05) is 37.8 Å². The first kappa shape index (κ1) is 16.4. The minimum Gasteiger partial charge on any atom is -0.379 e. The Hall–Kier alpha value is -2.06. The van der Waals surface area contributed by atoms with E-state index >= 15 is 0 Å². The lowest BCUT2D eigenvalue weighted by molar-refractivity contribution is 0.0685. The second-order valence-electron chi connectivity index (χ2n) is 6.82. The molecular weight excluding hydrogens is 338 g/mol. The van der Waals surface area contributed by atoms with E-state index in [4.69, 9.17) is 4.74 Å². The second kappa shape index (κ2) is 6.68. The summed E-state index contributed by atoms with van der Waals surface area (Å²) >= 11 is 1.27. The number of ether oxygens (including phenoxy) is 1. The third kappa shape index (κ3) is 3.23. The van der Waals surface area contributed by atoms with E-state index in [1.54, 1.807) is 0 Å². The monoisotopic (exact) mass is 359 g/mol. The number of amides is 1. The number of aryl methyl sites for hydroxylation is 1. The molecule has 4 rings (SSSR count). The molecule has 7 nitrogen and oxygen atoms in total. The van der Waals surface area contributed by atoms with Gasteiger partial charge in [-0.15, -0.1) is 5.10 Å². The summed E-state index contributed by atoms with van der Waals surface area (Å²) in [6.45, 7) is 6.19. The number of pyridine rings is 1. The van der Waals surface area contributed by atoms with Gasteiger partial charge in [-0.1, -0.05) is 10.6 Å². The first-order valence-electron chi connectivity index (χ1n) is 8.49. The summed E-state index contributed by atoms with van der Waals surface area (Å²) in [5, 5.41) is 4.02. The second-order valence-corrected chi connectivity index (χ2v) is 7.77. The van der Waals surface area contributed by atoms with Crippen molar-refractivity contribution in [2.24, 2.45) is 5.41 Å². The highest BCUT2D eigenvalue weighted by Crippen LogP contribution is 2.35. The third-order valence-corrected chi connectivity index (χ3v) is 5.62. The lowest BCUT2D eigenvalue weighted by Gasteiger charge is -2.31. The van der Waals surface area contributed by atoms with Crippen LogP contribution in [0.4, 0.5) is 5.82 Å². The van der Waals surface area contributed by atoms with E-state index < -0.39 is 0 Å². The fourth-order valence-corrected chi connectivity index (χ4v) is 4.12. The minimum absolute atomic E-state index is 0.0348. The Morgan fingerprint density at radius 2 is 2.24 bits per heavy atom. The van der Waals surface area contributed by atoms with Crippen LogP contribution in [-0.2, 0) is 4.74 Å². The van der Waals surface area contributed by atoms with Gasteiger partial charge < -0.3 is 14.5 Å². The summed E-state index contributed by atoms with van der Waals surface area (Å²) in [5.74, 6) is 0.952. The van der Waals surface area contributed by atoms with Crippen molar-refractivity contribution < 1.29 is 9.53 Å². The van der Waals surface area contributed by atoms with Gasteiger partial charge in [-0.3, -0.25) is 4.79 Å². The average molecular weight is 359 g/mol. The van der Waals surface area contributed by atoms with Crippen molar-refractivity contribution in [1.82, 2.24) is 19.5 Å². The number of nitrogens with zero attached hydrogens (tertiary/aromatic N) is 5. The molecule has 2 aliphatic rings. The van der Waals surface area contributed by atoms with Crippen molar-refractivity contribution in [3.05, 3.63) is 35.0 Å². The summed E-state index contributed by atoms with van der Waals surface area (Å²) in [6, 6.07) is 5.96. The van der Waals surface area contributed by atoms with Crippen molar-refractivity contribution in [3.8, 4) is 0 Å². The molecular formula is C17H21N5O2S. The topological polar surface area (TPSA) is 71.5 Å². The molecule has 1 amide bonds. The van der Waals surface area contributed by atoms with Crippen molar-refractivity contribution >= 4 is 23.3 Å². The Bertz CT molecular complexity index is 753. The van der Waals surface area contributed by atoms with Crippen LogP contribution < -0.4 is 4.90 Å². The highest BCUT2D eigenvalue weighted by Gasteiger charge is 2.43. The first-order valence-corrected chi connectivity index (χ1v) is 9.26. The molecule has 1 spiro atoms. The Balaban J connectivity index is 1.52. The van der Waals surface area contributed by atoms with Gasteiger partial charge in [-0.05, 0) is 37.0 Å². The summed E-state index contributed by atoms with van der Waals surface area (Å²) in [5.41, 5.74) is 0.419. The van der Waals surface area contributed by atoms with Crippen LogP contribution in [0.15, 0.2) is 24.4 Å². The van der Waals surface area contributed by atoms with Crippen molar-refractivity contribution in [3.63, 3.8) is 0 Å². The fraction of sp³-hybridized carbons (Fsp3) is 0.529. The number of hydrogen-bond donors (Lipinski definition) is 0. The maximum absolute atomic E-state index is 12.9. The molecule has 132 valence electrons. The largest absolute Gasteiger partial charge is 0.379 e. The molecule has 0 aliphatic carbocycles. The lowest BCUT2D eigenvalue weighted by atomic mass is 9.87. The lowest BCUT2D eigenvalue weighted by Crippen LogP contribution is -2.43. The molecule has 0 saturated carbocycles. The Kier molecular flexibility index (Phi) is 4.39. The van der Waals surface area contributed by atoms with Crippen LogP contribution >= 0.6 is 11.5 Å².